The number of rotatable bonds is 6. The quantitative estimate of drug-likeness (QED) is 0.517. The number of methoxy groups -OCH3 is 1. The third-order valence-electron chi connectivity index (χ3n) is 4.16. The van der Waals surface area contributed by atoms with Crippen LogP contribution in [0.15, 0.2) is 59.8 Å². The minimum Gasteiger partial charge on any atom is -0.497 e. The molecule has 0 radical (unpaired) electrons. The first-order valence-corrected chi connectivity index (χ1v) is 10.4. The molecule has 158 valence electrons. The van der Waals surface area contributed by atoms with Gasteiger partial charge in [-0.15, -0.1) is 0 Å². The van der Waals surface area contributed by atoms with Crippen molar-refractivity contribution in [2.75, 3.05) is 12.9 Å². The van der Waals surface area contributed by atoms with E-state index in [0.29, 0.717) is 5.75 Å². The Labute approximate surface area is 174 Å². The predicted octanol–water partition coefficient (Wildman–Crippen LogP) is 4.21. The van der Waals surface area contributed by atoms with E-state index in [4.69, 9.17) is 16.3 Å². The highest BCUT2D eigenvalue weighted by atomic mass is 35.5. The Kier molecular flexibility index (Phi) is 5.91. The van der Waals surface area contributed by atoms with Crippen LogP contribution in [0.1, 0.15) is 16.1 Å². The Bertz CT molecular complexity index is 1190. The number of carbonyl (C=O) groups is 1. The standard InChI is InChI=1S/C19H14ClF3N2O4S/c1-29-14-5-7-15(8-6-14)30(27,28)10-16(26)17-18(20)25(11-24-17)13-4-2-3-12(9-13)19(21,22)23/h2-9,11H,10H2,1H3. The minimum absolute atomic E-state index is 0.0272. The Morgan fingerprint density at radius 3 is 2.43 bits per heavy atom. The molecule has 0 N–H and O–H groups in total. The Morgan fingerprint density at radius 2 is 1.83 bits per heavy atom. The molecule has 0 fully saturated rings. The summed E-state index contributed by atoms with van der Waals surface area (Å²) in [5.74, 6) is -1.34. The summed E-state index contributed by atoms with van der Waals surface area (Å²) in [5, 5.41) is -0.288. The van der Waals surface area contributed by atoms with E-state index < -0.39 is 33.1 Å². The van der Waals surface area contributed by atoms with Gasteiger partial charge in [0.05, 0.1) is 17.6 Å². The monoisotopic (exact) mass is 458 g/mol. The van der Waals surface area contributed by atoms with Crippen molar-refractivity contribution in [3.63, 3.8) is 0 Å². The maximum Gasteiger partial charge on any atom is 0.416 e. The van der Waals surface area contributed by atoms with Crippen molar-refractivity contribution >= 4 is 27.2 Å². The number of halogens is 4. The van der Waals surface area contributed by atoms with Crippen molar-refractivity contribution in [2.45, 2.75) is 11.1 Å². The van der Waals surface area contributed by atoms with E-state index in [9.17, 15) is 26.4 Å². The summed E-state index contributed by atoms with van der Waals surface area (Å²) >= 11 is 6.12. The Balaban J connectivity index is 1.87. The summed E-state index contributed by atoms with van der Waals surface area (Å²) < 4.78 is 69.8. The lowest BCUT2D eigenvalue weighted by Gasteiger charge is -2.10. The molecule has 6 nitrogen and oxygen atoms in total. The fraction of sp³-hybridized carbons (Fsp3) is 0.158. The van der Waals surface area contributed by atoms with Crippen LogP contribution in [0.4, 0.5) is 13.2 Å². The maximum atomic E-state index is 12.9. The second kappa shape index (κ2) is 8.11. The van der Waals surface area contributed by atoms with E-state index >= 15 is 0 Å². The van der Waals surface area contributed by atoms with Gasteiger partial charge in [-0.1, -0.05) is 17.7 Å². The normalized spacial score (nSPS) is 12.0. The number of alkyl halides is 3. The van der Waals surface area contributed by atoms with Gasteiger partial charge < -0.3 is 4.74 Å². The first kappa shape index (κ1) is 21.8. The molecule has 1 heterocycles. The van der Waals surface area contributed by atoms with E-state index in [1.54, 1.807) is 0 Å². The van der Waals surface area contributed by atoms with Crippen LogP contribution in [0.25, 0.3) is 5.69 Å². The van der Waals surface area contributed by atoms with Crippen molar-refractivity contribution in [1.82, 2.24) is 9.55 Å². The molecule has 2 aromatic carbocycles. The molecule has 0 aliphatic rings. The molecule has 0 unspecified atom stereocenters. The molecular formula is C19H14ClF3N2O4S. The van der Waals surface area contributed by atoms with Crippen LogP contribution in [0.2, 0.25) is 5.15 Å². The zero-order valence-electron chi connectivity index (χ0n) is 15.4. The molecule has 0 saturated heterocycles. The Hall–Kier alpha value is -2.85. The zero-order valence-corrected chi connectivity index (χ0v) is 16.9. The van der Waals surface area contributed by atoms with Crippen LogP contribution < -0.4 is 4.74 Å². The van der Waals surface area contributed by atoms with E-state index in [-0.39, 0.29) is 21.4 Å². The van der Waals surface area contributed by atoms with E-state index in [1.807, 2.05) is 0 Å². The molecule has 0 bridgehead atoms. The number of hydrogen-bond donors (Lipinski definition) is 0. The fourth-order valence-corrected chi connectivity index (χ4v) is 4.13. The number of carbonyl (C=O) groups excluding carboxylic acids is 1. The van der Waals surface area contributed by atoms with Crippen molar-refractivity contribution < 1.29 is 31.1 Å². The molecule has 0 amide bonds. The van der Waals surface area contributed by atoms with Gasteiger partial charge in [-0.2, -0.15) is 13.2 Å². The van der Waals surface area contributed by atoms with Crippen LogP contribution in [0.3, 0.4) is 0 Å². The number of benzene rings is 2. The average molecular weight is 459 g/mol. The molecule has 3 rings (SSSR count). The average Bonchev–Trinajstić information content (AvgIpc) is 3.08. The summed E-state index contributed by atoms with van der Waals surface area (Å²) in [6.07, 6.45) is -3.50. The number of imidazole rings is 1. The predicted molar refractivity (Wildman–Crippen MR) is 103 cm³/mol. The van der Waals surface area contributed by atoms with Gasteiger partial charge >= 0.3 is 6.18 Å². The van der Waals surface area contributed by atoms with Crippen LogP contribution >= 0.6 is 11.6 Å². The van der Waals surface area contributed by atoms with E-state index in [1.165, 1.54) is 43.5 Å². The van der Waals surface area contributed by atoms with Gasteiger partial charge in [-0.05, 0) is 42.5 Å². The lowest BCUT2D eigenvalue weighted by Crippen LogP contribution is -2.17. The first-order valence-electron chi connectivity index (χ1n) is 8.33. The molecule has 0 aliphatic heterocycles. The number of nitrogens with zero attached hydrogens (tertiary/aromatic N) is 2. The fourth-order valence-electron chi connectivity index (χ4n) is 2.64. The van der Waals surface area contributed by atoms with E-state index in [0.717, 1.165) is 23.0 Å². The van der Waals surface area contributed by atoms with Gasteiger partial charge in [-0.25, -0.2) is 13.4 Å². The van der Waals surface area contributed by atoms with Gasteiger partial charge in [0.15, 0.2) is 15.6 Å². The maximum absolute atomic E-state index is 12.9. The summed E-state index contributed by atoms with van der Waals surface area (Å²) in [7, 11) is -2.57. The van der Waals surface area contributed by atoms with Gasteiger partial charge in [0.25, 0.3) is 0 Å². The van der Waals surface area contributed by atoms with Crippen LogP contribution in [0.5, 0.6) is 5.75 Å². The van der Waals surface area contributed by atoms with E-state index in [2.05, 4.69) is 4.98 Å². The van der Waals surface area contributed by atoms with Gasteiger partial charge in [0.2, 0.25) is 0 Å². The minimum atomic E-state index is -4.56. The topological polar surface area (TPSA) is 78.3 Å². The lowest BCUT2D eigenvalue weighted by atomic mass is 10.2. The lowest BCUT2D eigenvalue weighted by molar-refractivity contribution is -0.137. The van der Waals surface area contributed by atoms with Crippen molar-refractivity contribution in [2.24, 2.45) is 0 Å². The third-order valence-corrected chi connectivity index (χ3v) is 6.16. The summed E-state index contributed by atoms with van der Waals surface area (Å²) in [6, 6.07) is 9.74. The zero-order chi connectivity index (χ0) is 22.1. The molecule has 3 aromatic rings. The summed E-state index contributed by atoms with van der Waals surface area (Å²) in [4.78, 5) is 16.2. The van der Waals surface area contributed by atoms with Crippen LogP contribution in [-0.2, 0) is 16.0 Å². The molecule has 0 spiro atoms. The molecule has 30 heavy (non-hydrogen) atoms. The second-order valence-electron chi connectivity index (χ2n) is 6.16. The smallest absolute Gasteiger partial charge is 0.416 e. The number of sulfone groups is 1. The van der Waals surface area contributed by atoms with Gasteiger partial charge in [0.1, 0.15) is 28.7 Å². The number of Topliss-reactive ketones (excluding diaryl/α,β-unsaturated/α-hetero) is 1. The number of ether oxygens (including phenoxy) is 1. The molecule has 0 saturated carbocycles. The van der Waals surface area contributed by atoms with Crippen molar-refractivity contribution in [3.8, 4) is 11.4 Å². The number of hydrogen-bond acceptors (Lipinski definition) is 5. The van der Waals surface area contributed by atoms with Gasteiger partial charge in [-0.3, -0.25) is 9.36 Å². The summed E-state index contributed by atoms with van der Waals surface area (Å²) in [5.41, 5.74) is -1.23. The molecular weight excluding hydrogens is 445 g/mol. The van der Waals surface area contributed by atoms with Crippen molar-refractivity contribution in [3.05, 3.63) is 71.3 Å². The highest BCUT2D eigenvalue weighted by Gasteiger charge is 2.31. The molecule has 11 heteroatoms. The SMILES string of the molecule is COc1ccc(S(=O)(=O)CC(=O)c2ncn(-c3cccc(C(F)(F)F)c3)c2Cl)cc1. The summed E-state index contributed by atoms with van der Waals surface area (Å²) in [6.45, 7) is 0. The van der Waals surface area contributed by atoms with Crippen LogP contribution in [-0.4, -0.2) is 36.6 Å². The number of aromatic nitrogens is 2. The second-order valence-corrected chi connectivity index (χ2v) is 8.51. The highest BCUT2D eigenvalue weighted by molar-refractivity contribution is 7.92. The van der Waals surface area contributed by atoms with Crippen molar-refractivity contribution in [1.29, 1.82) is 0 Å². The van der Waals surface area contributed by atoms with Gasteiger partial charge in [0, 0.05) is 5.69 Å². The van der Waals surface area contributed by atoms with Crippen LogP contribution in [0, 0.1) is 0 Å². The molecule has 0 atom stereocenters. The molecule has 0 aliphatic carbocycles. The number of ketones is 1. The third kappa shape index (κ3) is 4.49. The highest BCUT2D eigenvalue weighted by Crippen LogP contribution is 2.31. The Morgan fingerprint density at radius 1 is 1.17 bits per heavy atom. The first-order chi connectivity index (χ1) is 14.0. The largest absolute Gasteiger partial charge is 0.497 e. The molecule has 1 aromatic heterocycles.